The molecular weight excluding hydrogens is 326 g/mol. The van der Waals surface area contributed by atoms with Crippen LogP contribution in [0.25, 0.3) is 11.1 Å². The molecule has 0 amide bonds. The van der Waals surface area contributed by atoms with Gasteiger partial charge in [0, 0.05) is 15.4 Å². The highest BCUT2D eigenvalue weighted by molar-refractivity contribution is 9.11. The van der Waals surface area contributed by atoms with Gasteiger partial charge in [0.05, 0.1) is 9.47 Å². The van der Waals surface area contributed by atoms with Crippen molar-refractivity contribution in [2.45, 2.75) is 0 Å². The van der Waals surface area contributed by atoms with E-state index in [-0.39, 0.29) is 0 Å². The smallest absolute Gasteiger partial charge is 0.0934 e. The largest absolute Gasteiger partial charge is 0.397 e. The van der Waals surface area contributed by atoms with Crippen LogP contribution in [-0.2, 0) is 0 Å². The monoisotopic (exact) mass is 331 g/mol. The van der Waals surface area contributed by atoms with Crippen molar-refractivity contribution in [2.24, 2.45) is 0 Å². The molecule has 0 radical (unpaired) electrons. The number of nitrogen functional groups attached to an aromatic ring is 1. The number of hydrogen-bond acceptors (Lipinski definition) is 2. The van der Waals surface area contributed by atoms with E-state index in [4.69, 9.17) is 5.73 Å². The van der Waals surface area contributed by atoms with Gasteiger partial charge in [0.2, 0.25) is 0 Å². The first kappa shape index (κ1) is 10.2. The summed E-state index contributed by atoms with van der Waals surface area (Å²) < 4.78 is 2.06. The molecule has 0 fully saturated rings. The Morgan fingerprint density at radius 3 is 2.57 bits per heavy atom. The van der Waals surface area contributed by atoms with Crippen LogP contribution in [0.3, 0.4) is 0 Å². The summed E-state index contributed by atoms with van der Waals surface area (Å²) in [5, 5.41) is 2.06. The predicted molar refractivity (Wildman–Crippen MR) is 69.6 cm³/mol. The zero-order chi connectivity index (χ0) is 10.1. The molecule has 0 spiro atoms. The van der Waals surface area contributed by atoms with E-state index in [1.807, 2.05) is 12.1 Å². The highest BCUT2D eigenvalue weighted by Crippen LogP contribution is 2.37. The molecule has 0 saturated heterocycles. The van der Waals surface area contributed by atoms with Crippen molar-refractivity contribution in [1.29, 1.82) is 0 Å². The summed E-state index contributed by atoms with van der Waals surface area (Å²) in [7, 11) is 0. The van der Waals surface area contributed by atoms with Crippen LogP contribution >= 0.6 is 43.2 Å². The third kappa shape index (κ3) is 1.87. The summed E-state index contributed by atoms with van der Waals surface area (Å²) in [6.07, 6.45) is 0. The van der Waals surface area contributed by atoms with E-state index in [9.17, 15) is 0 Å². The molecule has 0 aliphatic carbocycles. The van der Waals surface area contributed by atoms with E-state index in [2.05, 4.69) is 49.4 Å². The molecule has 14 heavy (non-hydrogen) atoms. The number of halogens is 2. The van der Waals surface area contributed by atoms with Gasteiger partial charge in [0.1, 0.15) is 0 Å². The second-order valence-electron chi connectivity index (χ2n) is 2.85. The number of thiophene rings is 1. The quantitative estimate of drug-likeness (QED) is 0.816. The fraction of sp³-hybridized carbons (Fsp3) is 0. The first-order chi connectivity index (χ1) is 6.68. The van der Waals surface area contributed by atoms with Crippen LogP contribution < -0.4 is 5.73 Å². The van der Waals surface area contributed by atoms with Crippen LogP contribution in [0.5, 0.6) is 0 Å². The maximum Gasteiger partial charge on any atom is 0.0934 e. The standard InChI is InChI=1S/C10H7Br2NS/c11-7-3-1-2-6(4-7)8-5-14-10(12)9(8)13/h1-5H,13H2. The highest BCUT2D eigenvalue weighted by atomic mass is 79.9. The van der Waals surface area contributed by atoms with Crippen molar-refractivity contribution in [3.8, 4) is 11.1 Å². The Labute approximate surface area is 103 Å². The Morgan fingerprint density at radius 2 is 2.00 bits per heavy atom. The van der Waals surface area contributed by atoms with Crippen molar-refractivity contribution < 1.29 is 0 Å². The molecule has 0 unspecified atom stereocenters. The molecule has 0 atom stereocenters. The van der Waals surface area contributed by atoms with Gasteiger partial charge in [-0.1, -0.05) is 28.1 Å². The van der Waals surface area contributed by atoms with Crippen molar-refractivity contribution in [1.82, 2.24) is 0 Å². The molecule has 1 aromatic heterocycles. The molecule has 2 rings (SSSR count). The summed E-state index contributed by atoms with van der Waals surface area (Å²) in [4.78, 5) is 0. The molecular formula is C10H7Br2NS. The minimum atomic E-state index is 0.813. The molecule has 1 heterocycles. The molecule has 1 aromatic carbocycles. The van der Waals surface area contributed by atoms with Crippen molar-refractivity contribution in [3.05, 3.63) is 37.9 Å². The highest BCUT2D eigenvalue weighted by Gasteiger charge is 2.07. The average Bonchev–Trinajstić information content (AvgIpc) is 2.48. The zero-order valence-corrected chi connectivity index (χ0v) is 11.1. The molecule has 0 aliphatic heterocycles. The lowest BCUT2D eigenvalue weighted by Crippen LogP contribution is -1.85. The lowest BCUT2D eigenvalue weighted by molar-refractivity contribution is 1.62. The minimum absolute atomic E-state index is 0.813. The third-order valence-electron chi connectivity index (χ3n) is 1.92. The first-order valence-corrected chi connectivity index (χ1v) is 6.43. The summed E-state index contributed by atoms with van der Waals surface area (Å²) in [6.45, 7) is 0. The fourth-order valence-corrected chi connectivity index (χ4v) is 2.84. The molecule has 2 aromatic rings. The van der Waals surface area contributed by atoms with E-state index in [1.54, 1.807) is 11.3 Å². The molecule has 4 heteroatoms. The summed E-state index contributed by atoms with van der Waals surface area (Å²) >= 11 is 8.46. The van der Waals surface area contributed by atoms with Crippen molar-refractivity contribution >= 4 is 48.9 Å². The minimum Gasteiger partial charge on any atom is -0.397 e. The van der Waals surface area contributed by atoms with Gasteiger partial charge in [-0.3, -0.25) is 0 Å². The van der Waals surface area contributed by atoms with Gasteiger partial charge in [0.15, 0.2) is 0 Å². The molecule has 72 valence electrons. The summed E-state index contributed by atoms with van der Waals surface area (Å²) in [6, 6.07) is 8.12. The number of benzene rings is 1. The number of nitrogens with two attached hydrogens (primary N) is 1. The molecule has 0 bridgehead atoms. The maximum atomic E-state index is 5.93. The third-order valence-corrected chi connectivity index (χ3v) is 4.18. The Kier molecular flexibility index (Phi) is 2.95. The number of anilines is 1. The second kappa shape index (κ2) is 4.04. The van der Waals surface area contributed by atoms with Crippen LogP contribution in [0, 0.1) is 0 Å². The van der Waals surface area contributed by atoms with Gasteiger partial charge in [-0.25, -0.2) is 0 Å². The molecule has 2 N–H and O–H groups in total. The van der Waals surface area contributed by atoms with E-state index in [1.165, 1.54) is 0 Å². The lowest BCUT2D eigenvalue weighted by atomic mass is 10.1. The molecule has 1 nitrogen and oxygen atoms in total. The lowest BCUT2D eigenvalue weighted by Gasteiger charge is -2.00. The number of rotatable bonds is 1. The van der Waals surface area contributed by atoms with Crippen LogP contribution in [0.4, 0.5) is 5.69 Å². The summed E-state index contributed by atoms with van der Waals surface area (Å²) in [5.74, 6) is 0. The predicted octanol–water partition coefficient (Wildman–Crippen LogP) is 4.52. The van der Waals surface area contributed by atoms with Crippen LogP contribution in [0.2, 0.25) is 0 Å². The van der Waals surface area contributed by atoms with Gasteiger partial charge < -0.3 is 5.73 Å². The van der Waals surface area contributed by atoms with E-state index >= 15 is 0 Å². The molecule has 0 aliphatic rings. The topological polar surface area (TPSA) is 26.0 Å². The SMILES string of the molecule is Nc1c(-c2cccc(Br)c2)csc1Br. The fourth-order valence-electron chi connectivity index (χ4n) is 1.22. The normalized spacial score (nSPS) is 10.4. The Morgan fingerprint density at radius 1 is 1.21 bits per heavy atom. The van der Waals surface area contributed by atoms with Crippen LogP contribution in [0.15, 0.2) is 37.9 Å². The van der Waals surface area contributed by atoms with E-state index in [0.717, 1.165) is 25.1 Å². The Hall–Kier alpha value is -0.320. The second-order valence-corrected chi connectivity index (χ2v) is 5.96. The summed E-state index contributed by atoms with van der Waals surface area (Å²) in [5.41, 5.74) is 8.97. The average molecular weight is 333 g/mol. The van der Waals surface area contributed by atoms with Gasteiger partial charge in [0.25, 0.3) is 0 Å². The van der Waals surface area contributed by atoms with Crippen molar-refractivity contribution in [2.75, 3.05) is 5.73 Å². The van der Waals surface area contributed by atoms with Gasteiger partial charge in [-0.05, 0) is 33.6 Å². The van der Waals surface area contributed by atoms with E-state index in [0.29, 0.717) is 0 Å². The van der Waals surface area contributed by atoms with Crippen LogP contribution in [-0.4, -0.2) is 0 Å². The van der Waals surface area contributed by atoms with Gasteiger partial charge in [-0.2, -0.15) is 0 Å². The molecule has 0 saturated carbocycles. The van der Waals surface area contributed by atoms with Crippen molar-refractivity contribution in [3.63, 3.8) is 0 Å². The number of hydrogen-bond donors (Lipinski definition) is 1. The van der Waals surface area contributed by atoms with E-state index < -0.39 is 0 Å². The Balaban J connectivity index is 2.55. The van der Waals surface area contributed by atoms with Gasteiger partial charge >= 0.3 is 0 Å². The maximum absolute atomic E-state index is 5.93. The zero-order valence-electron chi connectivity index (χ0n) is 7.13. The van der Waals surface area contributed by atoms with Gasteiger partial charge in [-0.15, -0.1) is 11.3 Å². The van der Waals surface area contributed by atoms with Crippen LogP contribution in [0.1, 0.15) is 0 Å². The Bertz CT molecular complexity index is 465. The first-order valence-electron chi connectivity index (χ1n) is 3.97.